The Balaban J connectivity index is 2.11. The summed E-state index contributed by atoms with van der Waals surface area (Å²) >= 11 is 0. The molecule has 0 aromatic heterocycles. The molecule has 0 saturated carbocycles. The lowest BCUT2D eigenvalue weighted by molar-refractivity contribution is -0.138. The van der Waals surface area contributed by atoms with E-state index in [9.17, 15) is 39.5 Å². The van der Waals surface area contributed by atoms with Crippen molar-refractivity contribution in [2.45, 2.75) is 76.8 Å². The molecule has 0 atom stereocenters. The quantitative estimate of drug-likeness (QED) is 0.109. The van der Waals surface area contributed by atoms with Crippen molar-refractivity contribution in [2.24, 2.45) is 0 Å². The van der Waals surface area contributed by atoms with Gasteiger partial charge in [0.1, 0.15) is 23.2 Å². The van der Waals surface area contributed by atoms with E-state index in [1.165, 1.54) is 36.4 Å². The summed E-state index contributed by atoms with van der Waals surface area (Å²) in [6.45, 7) is 2.12. The molecular weight excluding hydrogens is 574 g/mol. The van der Waals surface area contributed by atoms with Crippen molar-refractivity contribution >= 4 is 23.2 Å². The van der Waals surface area contributed by atoms with E-state index in [2.05, 4.69) is 6.92 Å². The average Bonchev–Trinajstić information content (AvgIpc) is 2.91. The van der Waals surface area contributed by atoms with E-state index in [0.717, 1.165) is 81.3 Å². The molecule has 3 aromatic carbocycles. The van der Waals surface area contributed by atoms with Crippen LogP contribution >= 0.6 is 7.26 Å². The average molecular weight is 608 g/mol. The van der Waals surface area contributed by atoms with E-state index >= 15 is 0 Å². The van der Waals surface area contributed by atoms with E-state index in [-0.39, 0.29) is 0 Å². The standard InChI is InChI=1S/C31H33F9P/c1-2-3-4-5-6-7-8-9-22-41(26-16-10-23(11-17-26)29(32,33)34,27-18-12-24(13-19-27)30(35,36)37)28-20-14-25(15-21-28)31(38,39)40/h10-21H,2-9,22H2,1H3/q+1. The molecule has 0 saturated heterocycles. The van der Waals surface area contributed by atoms with Crippen LogP contribution in [0.15, 0.2) is 72.8 Å². The van der Waals surface area contributed by atoms with E-state index in [4.69, 9.17) is 0 Å². The summed E-state index contributed by atoms with van der Waals surface area (Å²) in [5, 5.41) is 1.40. The molecule has 0 amide bonds. The van der Waals surface area contributed by atoms with E-state index in [1.807, 2.05) is 0 Å². The number of unbranched alkanes of at least 4 members (excludes halogenated alkanes) is 7. The van der Waals surface area contributed by atoms with Gasteiger partial charge in [0, 0.05) is 0 Å². The van der Waals surface area contributed by atoms with E-state index in [1.54, 1.807) is 0 Å². The number of hydrogen-bond acceptors (Lipinski definition) is 0. The Hall–Kier alpha value is -2.54. The van der Waals surface area contributed by atoms with Gasteiger partial charge in [0.05, 0.1) is 22.9 Å². The minimum absolute atomic E-state index is 0.393. The Labute approximate surface area is 235 Å². The van der Waals surface area contributed by atoms with Gasteiger partial charge in [0.25, 0.3) is 0 Å². The van der Waals surface area contributed by atoms with Gasteiger partial charge in [-0.1, -0.05) is 45.4 Å². The van der Waals surface area contributed by atoms with Gasteiger partial charge in [0.15, 0.2) is 0 Å². The molecule has 0 fully saturated rings. The maximum atomic E-state index is 13.4. The molecule has 0 heterocycles. The molecule has 41 heavy (non-hydrogen) atoms. The Morgan fingerprint density at radius 3 is 0.951 bits per heavy atom. The zero-order chi connectivity index (χ0) is 30.3. The fourth-order valence-corrected chi connectivity index (χ4v) is 9.37. The Morgan fingerprint density at radius 2 is 0.683 bits per heavy atom. The summed E-state index contributed by atoms with van der Waals surface area (Å²) in [4.78, 5) is 0. The Bertz CT molecular complexity index is 1070. The first-order chi connectivity index (χ1) is 19.2. The molecule has 0 bridgehead atoms. The third-order valence-electron chi connectivity index (χ3n) is 7.25. The second-order valence-corrected chi connectivity index (χ2v) is 13.8. The van der Waals surface area contributed by atoms with Crippen molar-refractivity contribution in [2.75, 3.05) is 6.16 Å². The minimum Gasteiger partial charge on any atom is -0.166 e. The smallest absolute Gasteiger partial charge is 0.166 e. The van der Waals surface area contributed by atoms with Crippen molar-refractivity contribution in [1.29, 1.82) is 0 Å². The van der Waals surface area contributed by atoms with Crippen molar-refractivity contribution in [3.05, 3.63) is 89.5 Å². The Morgan fingerprint density at radius 1 is 0.415 bits per heavy atom. The highest BCUT2D eigenvalue weighted by Crippen LogP contribution is 2.56. The molecule has 0 unspecified atom stereocenters. The summed E-state index contributed by atoms with van der Waals surface area (Å²) in [7, 11) is -2.94. The van der Waals surface area contributed by atoms with E-state index < -0.39 is 42.5 Å². The van der Waals surface area contributed by atoms with Gasteiger partial charge in [0.2, 0.25) is 0 Å². The number of rotatable bonds is 12. The molecule has 0 spiro atoms. The summed E-state index contributed by atoms with van der Waals surface area (Å²) < 4.78 is 120. The maximum absolute atomic E-state index is 13.4. The summed E-state index contributed by atoms with van der Waals surface area (Å²) in [6, 6.07) is 13.4. The normalized spacial score (nSPS) is 13.0. The van der Waals surface area contributed by atoms with Crippen molar-refractivity contribution in [3.8, 4) is 0 Å². The van der Waals surface area contributed by atoms with Crippen LogP contribution in [0.4, 0.5) is 39.5 Å². The monoisotopic (exact) mass is 607 g/mol. The van der Waals surface area contributed by atoms with Gasteiger partial charge in [-0.05, 0) is 85.6 Å². The molecule has 10 heteroatoms. The predicted octanol–water partition coefficient (Wildman–Crippen LogP) is 10.2. The SMILES string of the molecule is CCCCCCCCCC[P+](c1ccc(C(F)(F)F)cc1)(c1ccc(C(F)(F)F)cc1)c1ccc(C(F)(F)F)cc1. The van der Waals surface area contributed by atoms with Crippen LogP contribution in [0.1, 0.15) is 75.0 Å². The van der Waals surface area contributed by atoms with Crippen molar-refractivity contribution in [1.82, 2.24) is 0 Å². The van der Waals surface area contributed by atoms with Crippen LogP contribution in [0, 0.1) is 0 Å². The van der Waals surface area contributed by atoms with Crippen LogP contribution in [-0.4, -0.2) is 6.16 Å². The number of alkyl halides is 9. The van der Waals surface area contributed by atoms with Crippen LogP contribution < -0.4 is 15.9 Å². The molecule has 224 valence electrons. The first-order valence-electron chi connectivity index (χ1n) is 13.6. The predicted molar refractivity (Wildman–Crippen MR) is 148 cm³/mol. The fourth-order valence-electron chi connectivity index (χ4n) is 5.03. The van der Waals surface area contributed by atoms with Gasteiger partial charge < -0.3 is 0 Å². The van der Waals surface area contributed by atoms with Crippen molar-refractivity contribution in [3.63, 3.8) is 0 Å². The zero-order valence-electron chi connectivity index (χ0n) is 22.6. The summed E-state index contributed by atoms with van der Waals surface area (Å²) in [6.07, 6.45) is -5.63. The third kappa shape index (κ3) is 8.50. The highest BCUT2D eigenvalue weighted by atomic mass is 31.2. The summed E-state index contributed by atoms with van der Waals surface area (Å²) in [5.74, 6) is 0. The van der Waals surface area contributed by atoms with Gasteiger partial charge in [-0.3, -0.25) is 0 Å². The highest BCUT2D eigenvalue weighted by molar-refractivity contribution is 7.95. The van der Waals surface area contributed by atoms with Crippen LogP contribution in [0.2, 0.25) is 0 Å². The van der Waals surface area contributed by atoms with Gasteiger partial charge in [-0.15, -0.1) is 0 Å². The largest absolute Gasteiger partial charge is 0.416 e. The molecule has 0 radical (unpaired) electrons. The molecule has 0 aliphatic carbocycles. The second-order valence-electron chi connectivity index (χ2n) is 10.1. The summed E-state index contributed by atoms with van der Waals surface area (Å²) in [5.41, 5.74) is -2.65. The zero-order valence-corrected chi connectivity index (χ0v) is 23.5. The third-order valence-corrected chi connectivity index (χ3v) is 11.8. The van der Waals surface area contributed by atoms with Crippen LogP contribution in [-0.2, 0) is 18.5 Å². The highest BCUT2D eigenvalue weighted by Gasteiger charge is 2.46. The van der Waals surface area contributed by atoms with Gasteiger partial charge >= 0.3 is 18.5 Å². The van der Waals surface area contributed by atoms with Gasteiger partial charge in [-0.25, -0.2) is 0 Å². The lowest BCUT2D eigenvalue weighted by Crippen LogP contribution is -2.34. The number of halogens is 9. The fraction of sp³-hybridized carbons (Fsp3) is 0.419. The molecular formula is C31H33F9P+. The number of benzene rings is 3. The molecule has 0 N–H and O–H groups in total. The van der Waals surface area contributed by atoms with Gasteiger partial charge in [-0.2, -0.15) is 39.5 Å². The second kappa shape index (κ2) is 13.6. The van der Waals surface area contributed by atoms with Crippen LogP contribution in [0.3, 0.4) is 0 Å². The minimum atomic E-state index is -4.60. The van der Waals surface area contributed by atoms with Crippen molar-refractivity contribution < 1.29 is 39.5 Å². The molecule has 0 aliphatic rings. The lowest BCUT2D eigenvalue weighted by Gasteiger charge is -2.28. The van der Waals surface area contributed by atoms with Crippen LogP contribution in [0.5, 0.6) is 0 Å². The maximum Gasteiger partial charge on any atom is 0.416 e. The topological polar surface area (TPSA) is 0 Å². The molecule has 3 aromatic rings. The first kappa shape index (κ1) is 33.0. The van der Waals surface area contributed by atoms with Crippen LogP contribution in [0.25, 0.3) is 0 Å². The van der Waals surface area contributed by atoms with E-state index in [0.29, 0.717) is 28.5 Å². The molecule has 0 aliphatic heterocycles. The molecule has 3 rings (SSSR count). The first-order valence-corrected chi connectivity index (χ1v) is 15.6. The molecule has 0 nitrogen and oxygen atoms in total. The lowest BCUT2D eigenvalue weighted by atomic mass is 10.1. The number of hydrogen-bond donors (Lipinski definition) is 0. The Kier molecular flexibility index (Phi) is 11.0.